The van der Waals surface area contributed by atoms with Crippen molar-refractivity contribution in [2.45, 2.75) is 6.92 Å². The highest BCUT2D eigenvalue weighted by Gasteiger charge is 2.16. The summed E-state index contributed by atoms with van der Waals surface area (Å²) in [5.74, 6) is -0.173. The lowest BCUT2D eigenvalue weighted by molar-refractivity contribution is 0.102. The van der Waals surface area contributed by atoms with E-state index in [1.165, 1.54) is 0 Å². The summed E-state index contributed by atoms with van der Waals surface area (Å²) in [6.45, 7) is 7.45. The average Bonchev–Trinajstić information content (AvgIpc) is 3.16. The Labute approximate surface area is 152 Å². The topological polar surface area (TPSA) is 77.1 Å². The number of fused-ring (bicyclic) bond motifs is 1. The van der Waals surface area contributed by atoms with E-state index in [9.17, 15) is 4.79 Å². The molecule has 0 unspecified atom stereocenters. The summed E-state index contributed by atoms with van der Waals surface area (Å²) >= 11 is 0. The summed E-state index contributed by atoms with van der Waals surface area (Å²) in [5, 5.41) is 10.5. The van der Waals surface area contributed by atoms with Gasteiger partial charge in [-0.2, -0.15) is 5.10 Å². The Morgan fingerprint density at radius 3 is 2.85 bits per heavy atom. The van der Waals surface area contributed by atoms with Gasteiger partial charge in [-0.1, -0.05) is 13.0 Å². The predicted octanol–water partition coefficient (Wildman–Crippen LogP) is 2.35. The second kappa shape index (κ2) is 7.13. The molecule has 1 amide bonds. The van der Waals surface area contributed by atoms with E-state index in [2.05, 4.69) is 43.3 Å². The fourth-order valence-electron chi connectivity index (χ4n) is 3.27. The van der Waals surface area contributed by atoms with Gasteiger partial charge in [-0.15, -0.1) is 0 Å². The second-order valence-corrected chi connectivity index (χ2v) is 6.46. The van der Waals surface area contributed by atoms with Gasteiger partial charge in [-0.25, -0.2) is 4.98 Å². The Bertz CT molecular complexity index is 913. The van der Waals surface area contributed by atoms with Gasteiger partial charge in [0.2, 0.25) is 0 Å². The largest absolute Gasteiger partial charge is 0.369 e. The lowest BCUT2D eigenvalue weighted by atomic mass is 10.2. The first-order valence-corrected chi connectivity index (χ1v) is 8.91. The number of hydrogen-bond acceptors (Lipinski definition) is 5. The zero-order chi connectivity index (χ0) is 17.9. The number of aromatic nitrogens is 3. The van der Waals surface area contributed by atoms with Gasteiger partial charge in [-0.3, -0.25) is 9.89 Å². The molecule has 0 atom stereocenters. The highest BCUT2D eigenvalue weighted by molar-refractivity contribution is 6.05. The van der Waals surface area contributed by atoms with Crippen molar-refractivity contribution in [1.29, 1.82) is 0 Å². The first-order chi connectivity index (χ1) is 12.7. The number of carbonyl (C=O) groups excluding carboxylic acids is 1. The maximum Gasteiger partial charge on any atom is 0.257 e. The molecule has 1 aromatic carbocycles. The molecule has 7 heteroatoms. The van der Waals surface area contributed by atoms with E-state index in [-0.39, 0.29) is 5.91 Å². The number of aromatic amines is 1. The number of hydrogen-bond donors (Lipinski definition) is 2. The van der Waals surface area contributed by atoms with Crippen LogP contribution in [0.3, 0.4) is 0 Å². The Balaban J connectivity index is 1.47. The van der Waals surface area contributed by atoms with E-state index in [0.717, 1.165) is 49.5 Å². The lowest BCUT2D eigenvalue weighted by Gasteiger charge is -2.35. The zero-order valence-corrected chi connectivity index (χ0v) is 14.8. The van der Waals surface area contributed by atoms with Gasteiger partial charge in [0.05, 0.1) is 11.8 Å². The minimum Gasteiger partial charge on any atom is -0.369 e. The molecule has 3 heterocycles. The summed E-state index contributed by atoms with van der Waals surface area (Å²) in [6.07, 6.45) is 3.22. The van der Waals surface area contributed by atoms with Crippen LogP contribution >= 0.6 is 0 Å². The van der Waals surface area contributed by atoms with Crippen molar-refractivity contribution < 1.29 is 4.79 Å². The molecule has 1 aliphatic heterocycles. The summed E-state index contributed by atoms with van der Waals surface area (Å²) in [7, 11) is 0. The molecule has 2 aromatic heterocycles. The molecular formula is C19H22N6O. The Hall–Kier alpha value is -2.93. The Morgan fingerprint density at radius 1 is 1.19 bits per heavy atom. The fourth-order valence-corrected chi connectivity index (χ4v) is 3.27. The van der Waals surface area contributed by atoms with Crippen molar-refractivity contribution in [2.24, 2.45) is 0 Å². The molecule has 2 N–H and O–H groups in total. The molecule has 3 aromatic rings. The third-order valence-electron chi connectivity index (χ3n) is 4.84. The van der Waals surface area contributed by atoms with Crippen LogP contribution in [0.1, 0.15) is 17.3 Å². The number of likely N-dealkylation sites (N-methyl/N-ethyl adjacent to an activating group) is 1. The molecule has 1 saturated heterocycles. The number of amides is 1. The molecule has 0 spiro atoms. The SMILES string of the molecule is CCN1CCN(c2cccc(NC(=O)c3cnc4[nH]ncc4c3)c2)CC1. The van der Waals surface area contributed by atoms with Gasteiger partial charge in [0.15, 0.2) is 5.65 Å². The quantitative estimate of drug-likeness (QED) is 0.755. The highest BCUT2D eigenvalue weighted by Crippen LogP contribution is 2.21. The van der Waals surface area contributed by atoms with Crippen LogP contribution in [0.15, 0.2) is 42.7 Å². The van der Waals surface area contributed by atoms with Crippen LogP contribution in [0, 0.1) is 0 Å². The first kappa shape index (κ1) is 16.5. The van der Waals surface area contributed by atoms with E-state index in [1.807, 2.05) is 18.2 Å². The van der Waals surface area contributed by atoms with Crippen molar-refractivity contribution in [1.82, 2.24) is 20.1 Å². The van der Waals surface area contributed by atoms with Crippen molar-refractivity contribution in [3.8, 4) is 0 Å². The Morgan fingerprint density at radius 2 is 2.04 bits per heavy atom. The van der Waals surface area contributed by atoms with E-state index in [4.69, 9.17) is 0 Å². The maximum atomic E-state index is 12.5. The number of nitrogens with one attached hydrogen (secondary N) is 2. The van der Waals surface area contributed by atoms with Gasteiger partial charge >= 0.3 is 0 Å². The van der Waals surface area contributed by atoms with Crippen LogP contribution < -0.4 is 10.2 Å². The third kappa shape index (κ3) is 3.39. The molecule has 0 bridgehead atoms. The summed E-state index contributed by atoms with van der Waals surface area (Å²) < 4.78 is 0. The number of anilines is 2. The minimum absolute atomic E-state index is 0.173. The van der Waals surface area contributed by atoms with Crippen molar-refractivity contribution in [3.05, 3.63) is 48.3 Å². The second-order valence-electron chi connectivity index (χ2n) is 6.46. The minimum atomic E-state index is -0.173. The van der Waals surface area contributed by atoms with Crippen LogP contribution in [-0.2, 0) is 0 Å². The van der Waals surface area contributed by atoms with Crippen LogP contribution in [0.25, 0.3) is 11.0 Å². The molecule has 4 rings (SSSR count). The normalized spacial score (nSPS) is 15.3. The first-order valence-electron chi connectivity index (χ1n) is 8.91. The molecule has 26 heavy (non-hydrogen) atoms. The number of carbonyl (C=O) groups is 1. The van der Waals surface area contributed by atoms with E-state index in [1.54, 1.807) is 18.5 Å². The van der Waals surface area contributed by atoms with E-state index in [0.29, 0.717) is 11.2 Å². The molecule has 0 saturated carbocycles. The predicted molar refractivity (Wildman–Crippen MR) is 103 cm³/mol. The zero-order valence-electron chi connectivity index (χ0n) is 14.8. The fraction of sp³-hybridized carbons (Fsp3) is 0.316. The van der Waals surface area contributed by atoms with Gasteiger partial charge in [-0.05, 0) is 30.8 Å². The van der Waals surface area contributed by atoms with Crippen LogP contribution in [0.5, 0.6) is 0 Å². The summed E-state index contributed by atoms with van der Waals surface area (Å²) in [4.78, 5) is 21.6. The number of nitrogens with zero attached hydrogens (tertiary/aromatic N) is 4. The Kier molecular flexibility index (Phi) is 4.53. The van der Waals surface area contributed by atoms with Crippen LogP contribution in [-0.4, -0.2) is 58.7 Å². The average molecular weight is 350 g/mol. The maximum absolute atomic E-state index is 12.5. The van der Waals surface area contributed by atoms with Crippen molar-refractivity contribution >= 4 is 28.3 Å². The molecule has 0 radical (unpaired) electrons. The molecule has 1 fully saturated rings. The number of rotatable bonds is 4. The standard InChI is InChI=1S/C19H22N6O/c1-2-24-6-8-25(9-7-24)17-5-3-4-16(11-17)22-19(26)15-10-14-13-21-23-18(14)20-12-15/h3-5,10-13H,2,6-9H2,1H3,(H,22,26)(H,20,21,23). The molecule has 0 aliphatic carbocycles. The number of H-pyrrole nitrogens is 1. The molecule has 7 nitrogen and oxygen atoms in total. The summed E-state index contributed by atoms with van der Waals surface area (Å²) in [6, 6.07) is 9.80. The van der Waals surface area contributed by atoms with Gasteiger partial charge in [0.1, 0.15) is 0 Å². The molecular weight excluding hydrogens is 328 g/mol. The number of piperazine rings is 1. The number of pyridine rings is 1. The molecule has 1 aliphatic rings. The smallest absolute Gasteiger partial charge is 0.257 e. The summed E-state index contributed by atoms with van der Waals surface area (Å²) in [5.41, 5.74) is 3.12. The highest BCUT2D eigenvalue weighted by atomic mass is 16.1. The lowest BCUT2D eigenvalue weighted by Crippen LogP contribution is -2.46. The third-order valence-corrected chi connectivity index (χ3v) is 4.84. The van der Waals surface area contributed by atoms with Crippen molar-refractivity contribution in [3.63, 3.8) is 0 Å². The van der Waals surface area contributed by atoms with E-state index >= 15 is 0 Å². The monoisotopic (exact) mass is 350 g/mol. The van der Waals surface area contributed by atoms with Gasteiger partial charge < -0.3 is 15.1 Å². The van der Waals surface area contributed by atoms with Gasteiger partial charge in [0, 0.05) is 49.1 Å². The van der Waals surface area contributed by atoms with E-state index < -0.39 is 0 Å². The van der Waals surface area contributed by atoms with Crippen LogP contribution in [0.4, 0.5) is 11.4 Å². The van der Waals surface area contributed by atoms with Gasteiger partial charge in [0.25, 0.3) is 5.91 Å². The van der Waals surface area contributed by atoms with Crippen molar-refractivity contribution in [2.75, 3.05) is 42.9 Å². The molecule has 134 valence electrons. The van der Waals surface area contributed by atoms with Crippen LogP contribution in [0.2, 0.25) is 0 Å². The number of benzene rings is 1.